The normalized spacial score (nSPS) is 12.4. The zero-order chi connectivity index (χ0) is 29.5. The van der Waals surface area contributed by atoms with Crippen LogP contribution in [0, 0.1) is 6.92 Å². The number of aryl methyl sites for hydroxylation is 1. The molecule has 0 radical (unpaired) electrons. The first-order valence-electron chi connectivity index (χ1n) is 13.3. The van der Waals surface area contributed by atoms with E-state index in [9.17, 15) is 18.0 Å². The molecule has 40 heavy (non-hydrogen) atoms. The number of rotatable bonds is 11. The second-order valence-electron chi connectivity index (χ2n) is 10.7. The molecule has 7 nitrogen and oxygen atoms in total. The zero-order valence-electron chi connectivity index (χ0n) is 23.7. The van der Waals surface area contributed by atoms with Crippen molar-refractivity contribution in [3.63, 3.8) is 0 Å². The minimum Gasteiger partial charge on any atom is -0.350 e. The molecule has 1 atom stereocenters. The predicted molar refractivity (Wildman–Crippen MR) is 161 cm³/mol. The summed E-state index contributed by atoms with van der Waals surface area (Å²) in [4.78, 5) is 29.0. The van der Waals surface area contributed by atoms with E-state index < -0.39 is 34.1 Å². The molecule has 3 aromatic carbocycles. The fourth-order valence-electron chi connectivity index (χ4n) is 4.48. The molecule has 0 heterocycles. The number of halogens is 1. The Bertz CT molecular complexity index is 1410. The molecule has 0 saturated heterocycles. The summed E-state index contributed by atoms with van der Waals surface area (Å²) in [6.07, 6.45) is 0.880. The summed E-state index contributed by atoms with van der Waals surface area (Å²) < 4.78 is 28.9. The van der Waals surface area contributed by atoms with E-state index >= 15 is 0 Å². The average Bonchev–Trinajstić information content (AvgIpc) is 2.90. The van der Waals surface area contributed by atoms with Crippen LogP contribution in [0.1, 0.15) is 45.2 Å². The molecular weight excluding hydrogens is 546 g/mol. The second kappa shape index (κ2) is 13.3. The van der Waals surface area contributed by atoms with Crippen LogP contribution in [0.5, 0.6) is 0 Å². The number of carbonyl (C=O) groups is 2. The lowest BCUT2D eigenvalue weighted by atomic mass is 10.1. The van der Waals surface area contributed by atoms with Gasteiger partial charge in [0.25, 0.3) is 10.0 Å². The molecule has 1 N–H and O–H groups in total. The number of sulfonamides is 1. The maximum Gasteiger partial charge on any atom is 0.264 e. The van der Waals surface area contributed by atoms with Crippen LogP contribution < -0.4 is 9.62 Å². The van der Waals surface area contributed by atoms with Crippen molar-refractivity contribution in [3.8, 4) is 0 Å². The summed E-state index contributed by atoms with van der Waals surface area (Å²) in [5, 5.41) is 3.44. The number of hydrogen-bond donors (Lipinski definition) is 1. The second-order valence-corrected chi connectivity index (χ2v) is 13.0. The minimum absolute atomic E-state index is 0.0607. The molecule has 0 unspecified atom stereocenters. The molecular formula is C31H38ClN3O4S. The molecule has 0 bridgehead atoms. The molecule has 0 aliphatic carbocycles. The van der Waals surface area contributed by atoms with Gasteiger partial charge in [-0.1, -0.05) is 67.1 Å². The van der Waals surface area contributed by atoms with Gasteiger partial charge in [-0.25, -0.2) is 8.42 Å². The van der Waals surface area contributed by atoms with Crippen LogP contribution in [0.2, 0.25) is 5.02 Å². The highest BCUT2D eigenvalue weighted by molar-refractivity contribution is 7.92. The van der Waals surface area contributed by atoms with E-state index in [1.807, 2.05) is 58.0 Å². The smallest absolute Gasteiger partial charge is 0.264 e. The molecule has 2 amide bonds. The molecule has 214 valence electrons. The Hall–Kier alpha value is -3.36. The van der Waals surface area contributed by atoms with Crippen LogP contribution in [0.3, 0.4) is 0 Å². The third kappa shape index (κ3) is 8.08. The summed E-state index contributed by atoms with van der Waals surface area (Å²) in [5.41, 5.74) is 1.46. The molecule has 9 heteroatoms. The van der Waals surface area contributed by atoms with Crippen LogP contribution in [-0.2, 0) is 26.0 Å². The summed E-state index contributed by atoms with van der Waals surface area (Å²) in [5.74, 6) is -0.753. The maximum atomic E-state index is 14.1. The number of anilines is 1. The molecule has 3 rings (SSSR count). The van der Waals surface area contributed by atoms with Gasteiger partial charge in [0.15, 0.2) is 0 Å². The Morgan fingerprint density at radius 2 is 1.55 bits per heavy atom. The van der Waals surface area contributed by atoms with Crippen LogP contribution in [0.4, 0.5) is 5.69 Å². The van der Waals surface area contributed by atoms with Gasteiger partial charge in [-0.2, -0.15) is 0 Å². The Morgan fingerprint density at radius 3 is 2.10 bits per heavy atom. The fraction of sp³-hybridized carbons (Fsp3) is 0.355. The van der Waals surface area contributed by atoms with Crippen molar-refractivity contribution in [1.82, 2.24) is 10.2 Å². The van der Waals surface area contributed by atoms with E-state index in [2.05, 4.69) is 5.32 Å². The SMILES string of the molecule is CC[C@H](C(=O)NC(C)(C)C)N(CCc1ccccc1)C(=O)CN(c1ccc(Cl)cc1C)S(=O)(=O)c1ccccc1. The summed E-state index contributed by atoms with van der Waals surface area (Å²) in [7, 11) is -4.12. The van der Waals surface area contributed by atoms with E-state index in [0.717, 1.165) is 9.87 Å². The van der Waals surface area contributed by atoms with Gasteiger partial charge in [0, 0.05) is 17.1 Å². The monoisotopic (exact) mass is 583 g/mol. The predicted octanol–water partition coefficient (Wildman–Crippen LogP) is 5.61. The first-order valence-corrected chi connectivity index (χ1v) is 15.1. The quantitative estimate of drug-likeness (QED) is 0.318. The third-order valence-corrected chi connectivity index (χ3v) is 8.41. The lowest BCUT2D eigenvalue weighted by Crippen LogP contribution is -2.56. The van der Waals surface area contributed by atoms with Crippen molar-refractivity contribution in [3.05, 3.63) is 95.0 Å². The van der Waals surface area contributed by atoms with E-state index in [4.69, 9.17) is 11.6 Å². The van der Waals surface area contributed by atoms with E-state index in [1.165, 1.54) is 17.0 Å². The van der Waals surface area contributed by atoms with Crippen molar-refractivity contribution in [2.24, 2.45) is 0 Å². The topological polar surface area (TPSA) is 86.8 Å². The molecule has 3 aromatic rings. The number of hydrogen-bond acceptors (Lipinski definition) is 4. The molecule has 0 aliphatic rings. The summed E-state index contributed by atoms with van der Waals surface area (Å²) in [6.45, 7) is 9.00. The Balaban J connectivity index is 2.04. The van der Waals surface area contributed by atoms with Crippen molar-refractivity contribution in [2.75, 3.05) is 17.4 Å². The van der Waals surface area contributed by atoms with Crippen LogP contribution in [0.25, 0.3) is 0 Å². The Kier molecular flexibility index (Phi) is 10.4. The van der Waals surface area contributed by atoms with Crippen molar-refractivity contribution in [2.45, 2.75) is 63.9 Å². The van der Waals surface area contributed by atoms with Crippen LogP contribution in [0.15, 0.2) is 83.8 Å². The van der Waals surface area contributed by atoms with E-state index in [1.54, 1.807) is 43.3 Å². The van der Waals surface area contributed by atoms with Gasteiger partial charge in [-0.05, 0) is 82.0 Å². The number of nitrogens with zero attached hydrogens (tertiary/aromatic N) is 2. The molecule has 0 fully saturated rings. The first-order chi connectivity index (χ1) is 18.8. The van der Waals surface area contributed by atoms with E-state index in [0.29, 0.717) is 29.1 Å². The highest BCUT2D eigenvalue weighted by Gasteiger charge is 2.34. The number of nitrogens with one attached hydrogen (secondary N) is 1. The Labute approximate surface area is 243 Å². The van der Waals surface area contributed by atoms with Gasteiger partial charge in [0.2, 0.25) is 11.8 Å². The van der Waals surface area contributed by atoms with Crippen molar-refractivity contribution < 1.29 is 18.0 Å². The minimum atomic E-state index is -4.12. The van der Waals surface area contributed by atoms with Gasteiger partial charge in [0.1, 0.15) is 12.6 Å². The van der Waals surface area contributed by atoms with Gasteiger partial charge >= 0.3 is 0 Å². The largest absolute Gasteiger partial charge is 0.350 e. The van der Waals surface area contributed by atoms with E-state index in [-0.39, 0.29) is 17.3 Å². The van der Waals surface area contributed by atoms with Gasteiger partial charge in [-0.3, -0.25) is 13.9 Å². The summed E-state index contributed by atoms with van der Waals surface area (Å²) >= 11 is 6.17. The average molecular weight is 584 g/mol. The zero-order valence-corrected chi connectivity index (χ0v) is 25.3. The fourth-order valence-corrected chi connectivity index (χ4v) is 6.21. The highest BCUT2D eigenvalue weighted by atomic mass is 35.5. The lowest BCUT2D eigenvalue weighted by molar-refractivity contribution is -0.140. The van der Waals surface area contributed by atoms with Gasteiger partial charge < -0.3 is 10.2 Å². The Morgan fingerprint density at radius 1 is 0.950 bits per heavy atom. The molecule has 0 aliphatic heterocycles. The number of carbonyl (C=O) groups excluding carboxylic acids is 2. The highest BCUT2D eigenvalue weighted by Crippen LogP contribution is 2.29. The van der Waals surface area contributed by atoms with Gasteiger partial charge in [0.05, 0.1) is 10.6 Å². The molecule has 0 saturated carbocycles. The first kappa shape index (κ1) is 31.2. The molecule has 0 spiro atoms. The molecule has 0 aromatic heterocycles. The van der Waals surface area contributed by atoms with Gasteiger partial charge in [-0.15, -0.1) is 0 Å². The number of amides is 2. The maximum absolute atomic E-state index is 14.1. The standard InChI is InChI=1S/C31H38ClN3O4S/c1-6-27(30(37)33-31(3,4)5)34(20-19-24-13-9-7-10-14-24)29(36)22-35(28-18-17-25(32)21-23(28)2)40(38,39)26-15-11-8-12-16-26/h7-18,21,27H,6,19-20,22H2,1-5H3,(H,33,37)/t27-/m1/s1. The lowest BCUT2D eigenvalue weighted by Gasteiger charge is -2.35. The van der Waals surface area contributed by atoms with Crippen LogP contribution >= 0.6 is 11.6 Å². The van der Waals surface area contributed by atoms with Crippen LogP contribution in [-0.4, -0.2) is 49.8 Å². The number of benzene rings is 3. The van der Waals surface area contributed by atoms with Crippen molar-refractivity contribution in [1.29, 1.82) is 0 Å². The van der Waals surface area contributed by atoms with Crippen molar-refractivity contribution >= 4 is 39.1 Å². The summed E-state index contributed by atoms with van der Waals surface area (Å²) in [6, 6.07) is 21.8. The third-order valence-electron chi connectivity index (χ3n) is 6.41.